The SMILES string of the molecule is CC1CC(OCC2(CC(N)=NO)CC2)CC(C)O1. The molecular weight excluding hydrogens is 232 g/mol. The van der Waals surface area contributed by atoms with E-state index in [1.807, 2.05) is 0 Å². The van der Waals surface area contributed by atoms with E-state index >= 15 is 0 Å². The summed E-state index contributed by atoms with van der Waals surface area (Å²) in [6.45, 7) is 4.90. The molecule has 0 aromatic heterocycles. The van der Waals surface area contributed by atoms with Crippen molar-refractivity contribution in [2.75, 3.05) is 6.61 Å². The predicted octanol–water partition coefficient (Wildman–Crippen LogP) is 1.88. The number of nitrogens with zero attached hydrogens (tertiary/aromatic N) is 1. The highest BCUT2D eigenvalue weighted by Crippen LogP contribution is 2.49. The molecule has 18 heavy (non-hydrogen) atoms. The molecule has 3 N–H and O–H groups in total. The van der Waals surface area contributed by atoms with E-state index in [0.717, 1.165) is 25.7 Å². The number of rotatable bonds is 5. The van der Waals surface area contributed by atoms with Gasteiger partial charge >= 0.3 is 0 Å². The van der Waals surface area contributed by atoms with E-state index in [0.29, 0.717) is 18.9 Å². The number of hydrogen-bond donors (Lipinski definition) is 2. The van der Waals surface area contributed by atoms with Gasteiger partial charge in [0.1, 0.15) is 5.84 Å². The first kappa shape index (κ1) is 13.6. The Hall–Kier alpha value is -0.810. The van der Waals surface area contributed by atoms with E-state index in [1.165, 1.54) is 0 Å². The molecule has 0 spiro atoms. The van der Waals surface area contributed by atoms with E-state index in [9.17, 15) is 0 Å². The highest BCUT2D eigenvalue weighted by molar-refractivity contribution is 5.80. The van der Waals surface area contributed by atoms with Gasteiger partial charge in [0.05, 0.1) is 24.9 Å². The van der Waals surface area contributed by atoms with Gasteiger partial charge in [0.25, 0.3) is 0 Å². The molecule has 1 aliphatic carbocycles. The predicted molar refractivity (Wildman–Crippen MR) is 68.7 cm³/mol. The standard InChI is InChI=1S/C13H24N2O3/c1-9-5-11(6-10(2)18-9)17-8-13(3-4-13)7-12(14)15-16/h9-11,16H,3-8H2,1-2H3,(H2,14,15). The molecule has 0 amide bonds. The van der Waals surface area contributed by atoms with E-state index < -0.39 is 0 Å². The monoisotopic (exact) mass is 256 g/mol. The summed E-state index contributed by atoms with van der Waals surface area (Å²) in [7, 11) is 0. The first-order valence-electron chi connectivity index (χ1n) is 6.76. The van der Waals surface area contributed by atoms with Gasteiger partial charge in [-0.25, -0.2) is 0 Å². The zero-order chi connectivity index (χ0) is 13.2. The lowest BCUT2D eigenvalue weighted by molar-refractivity contribution is -0.108. The Kier molecular flexibility index (Phi) is 4.12. The van der Waals surface area contributed by atoms with Gasteiger partial charge in [-0.3, -0.25) is 0 Å². The van der Waals surface area contributed by atoms with Crippen molar-refractivity contribution in [2.45, 2.75) is 64.3 Å². The Balaban J connectivity index is 1.77. The summed E-state index contributed by atoms with van der Waals surface area (Å²) in [5.41, 5.74) is 5.70. The topological polar surface area (TPSA) is 77.1 Å². The van der Waals surface area contributed by atoms with Crippen LogP contribution < -0.4 is 5.73 Å². The van der Waals surface area contributed by atoms with Gasteiger partial charge < -0.3 is 20.4 Å². The largest absolute Gasteiger partial charge is 0.409 e. The second kappa shape index (κ2) is 5.45. The maximum absolute atomic E-state index is 8.62. The summed E-state index contributed by atoms with van der Waals surface area (Å²) in [6.07, 6.45) is 5.62. The Labute approximate surface area is 108 Å². The van der Waals surface area contributed by atoms with Crippen LogP contribution in [0.5, 0.6) is 0 Å². The smallest absolute Gasteiger partial charge is 0.139 e. The van der Waals surface area contributed by atoms with Gasteiger partial charge in [0, 0.05) is 11.8 Å². The molecule has 2 rings (SSSR count). The molecule has 2 unspecified atom stereocenters. The molecule has 2 atom stereocenters. The molecule has 0 radical (unpaired) electrons. The molecule has 1 heterocycles. The number of nitrogens with two attached hydrogens (primary N) is 1. The third-order valence-corrected chi connectivity index (χ3v) is 3.92. The lowest BCUT2D eigenvalue weighted by Gasteiger charge is -2.33. The summed E-state index contributed by atoms with van der Waals surface area (Å²) >= 11 is 0. The van der Waals surface area contributed by atoms with Crippen molar-refractivity contribution in [3.63, 3.8) is 0 Å². The number of hydrogen-bond acceptors (Lipinski definition) is 4. The van der Waals surface area contributed by atoms with E-state index in [4.69, 9.17) is 20.4 Å². The number of amidine groups is 1. The molecule has 1 aliphatic heterocycles. The Morgan fingerprint density at radius 1 is 1.39 bits per heavy atom. The highest BCUT2D eigenvalue weighted by atomic mass is 16.5. The minimum absolute atomic E-state index is 0.126. The van der Waals surface area contributed by atoms with Crippen LogP contribution in [-0.4, -0.2) is 36.0 Å². The summed E-state index contributed by atoms with van der Waals surface area (Å²) in [6, 6.07) is 0. The zero-order valence-corrected chi connectivity index (χ0v) is 11.3. The van der Waals surface area contributed by atoms with Gasteiger partial charge in [-0.1, -0.05) is 5.16 Å². The van der Waals surface area contributed by atoms with Crippen molar-refractivity contribution in [3.05, 3.63) is 0 Å². The molecule has 5 nitrogen and oxygen atoms in total. The fourth-order valence-electron chi connectivity index (χ4n) is 2.74. The van der Waals surface area contributed by atoms with Crippen molar-refractivity contribution < 1.29 is 14.7 Å². The van der Waals surface area contributed by atoms with Crippen LogP contribution in [0.15, 0.2) is 5.16 Å². The van der Waals surface area contributed by atoms with Crippen LogP contribution in [0.1, 0.15) is 46.0 Å². The van der Waals surface area contributed by atoms with Gasteiger partial charge in [0.15, 0.2) is 0 Å². The molecule has 1 saturated carbocycles. The minimum Gasteiger partial charge on any atom is -0.409 e. The first-order chi connectivity index (χ1) is 8.53. The Morgan fingerprint density at radius 2 is 2.00 bits per heavy atom. The Morgan fingerprint density at radius 3 is 2.50 bits per heavy atom. The third kappa shape index (κ3) is 3.59. The first-order valence-corrected chi connectivity index (χ1v) is 6.76. The fourth-order valence-corrected chi connectivity index (χ4v) is 2.74. The van der Waals surface area contributed by atoms with Crippen LogP contribution in [0.25, 0.3) is 0 Å². The van der Waals surface area contributed by atoms with E-state index in [2.05, 4.69) is 19.0 Å². The number of oxime groups is 1. The minimum atomic E-state index is 0.126. The average molecular weight is 256 g/mol. The Bertz CT molecular complexity index is 305. The van der Waals surface area contributed by atoms with Crippen molar-refractivity contribution in [2.24, 2.45) is 16.3 Å². The van der Waals surface area contributed by atoms with Crippen LogP contribution in [-0.2, 0) is 9.47 Å². The lowest BCUT2D eigenvalue weighted by atomic mass is 10.0. The zero-order valence-electron chi connectivity index (χ0n) is 11.3. The second-order valence-electron chi connectivity index (χ2n) is 5.93. The quantitative estimate of drug-likeness (QED) is 0.341. The summed E-state index contributed by atoms with van der Waals surface area (Å²) in [5.74, 6) is 0.310. The third-order valence-electron chi connectivity index (χ3n) is 3.92. The maximum Gasteiger partial charge on any atom is 0.139 e. The summed E-state index contributed by atoms with van der Waals surface area (Å²) in [4.78, 5) is 0. The lowest BCUT2D eigenvalue weighted by Crippen LogP contribution is -2.35. The molecule has 104 valence electrons. The number of ether oxygens (including phenoxy) is 2. The van der Waals surface area contributed by atoms with Crippen LogP contribution in [0.3, 0.4) is 0 Å². The molecule has 0 aromatic carbocycles. The average Bonchev–Trinajstić information content (AvgIpc) is 3.05. The molecule has 2 aliphatic rings. The molecule has 5 heteroatoms. The van der Waals surface area contributed by atoms with Crippen LogP contribution >= 0.6 is 0 Å². The van der Waals surface area contributed by atoms with E-state index in [-0.39, 0.29) is 23.7 Å². The summed E-state index contributed by atoms with van der Waals surface area (Å²) in [5, 5.41) is 11.7. The van der Waals surface area contributed by atoms with E-state index in [1.54, 1.807) is 0 Å². The van der Waals surface area contributed by atoms with Gasteiger partial charge in [-0.2, -0.15) is 0 Å². The highest BCUT2D eigenvalue weighted by Gasteiger charge is 2.44. The van der Waals surface area contributed by atoms with Crippen molar-refractivity contribution in [3.8, 4) is 0 Å². The van der Waals surface area contributed by atoms with Crippen LogP contribution in [0.2, 0.25) is 0 Å². The second-order valence-corrected chi connectivity index (χ2v) is 5.93. The van der Waals surface area contributed by atoms with Crippen molar-refractivity contribution in [1.29, 1.82) is 0 Å². The van der Waals surface area contributed by atoms with Crippen LogP contribution in [0, 0.1) is 5.41 Å². The molecule has 1 saturated heterocycles. The summed E-state index contributed by atoms with van der Waals surface area (Å²) < 4.78 is 11.7. The fraction of sp³-hybridized carbons (Fsp3) is 0.923. The molecule has 2 fully saturated rings. The van der Waals surface area contributed by atoms with Crippen molar-refractivity contribution in [1.82, 2.24) is 0 Å². The molecule has 0 aromatic rings. The molecular formula is C13H24N2O3. The molecule has 0 bridgehead atoms. The van der Waals surface area contributed by atoms with Crippen LogP contribution in [0.4, 0.5) is 0 Å². The van der Waals surface area contributed by atoms with Gasteiger partial charge in [-0.15, -0.1) is 0 Å². The van der Waals surface area contributed by atoms with Gasteiger partial charge in [-0.05, 0) is 39.5 Å². The maximum atomic E-state index is 8.62. The normalized spacial score (nSPS) is 35.4. The van der Waals surface area contributed by atoms with Gasteiger partial charge in [0.2, 0.25) is 0 Å². The van der Waals surface area contributed by atoms with Crippen molar-refractivity contribution >= 4 is 5.84 Å².